The second kappa shape index (κ2) is 18.3. The van der Waals surface area contributed by atoms with Gasteiger partial charge in [-0.15, -0.1) is 18.2 Å². The summed E-state index contributed by atoms with van der Waals surface area (Å²) in [6.07, 6.45) is 0. The average Bonchev–Trinajstić information content (AvgIpc) is 3.17. The van der Waals surface area contributed by atoms with Gasteiger partial charge in [0.25, 0.3) is 0 Å². The van der Waals surface area contributed by atoms with E-state index in [4.69, 9.17) is 23.2 Å². The molecule has 0 spiro atoms. The van der Waals surface area contributed by atoms with Crippen molar-refractivity contribution in [2.24, 2.45) is 7.05 Å². The Hall–Kier alpha value is 0.898. The molecule has 0 fully saturated rings. The van der Waals surface area contributed by atoms with Crippen molar-refractivity contribution in [3.8, 4) is 0 Å². The zero-order valence-corrected chi connectivity index (χ0v) is 26.8. The number of halogens is 3. The minimum atomic E-state index is 0. The molecule has 2 aromatic heterocycles. The molecule has 2 radical (unpaired) electrons. The first-order chi connectivity index (χ1) is 12.9. The van der Waals surface area contributed by atoms with E-state index in [2.05, 4.69) is 49.7 Å². The average molecular weight is 711 g/mol. The molecule has 0 aliphatic rings. The molecule has 0 atom stereocenters. The van der Waals surface area contributed by atoms with E-state index >= 15 is 0 Å². The van der Waals surface area contributed by atoms with Crippen LogP contribution in [0.4, 0.5) is 0 Å². The number of nitrogens with one attached hydrogen (secondary N) is 1. The summed E-state index contributed by atoms with van der Waals surface area (Å²) >= 11 is 13.6. The van der Waals surface area contributed by atoms with E-state index in [0.717, 1.165) is 33.2 Å². The monoisotopic (exact) mass is 710 g/mol. The summed E-state index contributed by atoms with van der Waals surface area (Å²) in [5.41, 5.74) is 5.94. The van der Waals surface area contributed by atoms with E-state index in [0.29, 0.717) is 10.6 Å². The Kier molecular flexibility index (Phi) is 21.7. The van der Waals surface area contributed by atoms with Crippen molar-refractivity contribution in [2.45, 2.75) is 35.1 Å². The fraction of sp³-hybridized carbons (Fsp3) is 0.333. The summed E-state index contributed by atoms with van der Waals surface area (Å²) in [6, 6.07) is 13.8. The zero-order chi connectivity index (χ0) is 20.6. The van der Waals surface area contributed by atoms with Gasteiger partial charge in [-0.2, -0.15) is 29.3 Å². The number of H-pyrrole nitrogens is 1. The van der Waals surface area contributed by atoms with Gasteiger partial charge in [-0.3, -0.25) is 4.98 Å². The number of rotatable bonds is 0. The third-order valence-electron chi connectivity index (χ3n) is 3.43. The number of imidazole rings is 2. The number of alkyl halides is 1. The molecule has 2 heterocycles. The summed E-state index contributed by atoms with van der Waals surface area (Å²) in [5, 5.41) is 0.947. The minimum absolute atomic E-state index is 0. The van der Waals surface area contributed by atoms with E-state index in [-0.39, 0.29) is 72.8 Å². The molecular weight excluding hydrogens is 684 g/mol. The van der Waals surface area contributed by atoms with Crippen molar-refractivity contribution in [3.63, 3.8) is 0 Å². The normalized spacial score (nSPS) is 8.70. The van der Waals surface area contributed by atoms with Crippen LogP contribution in [-0.4, -0.2) is 24.4 Å². The van der Waals surface area contributed by atoms with Crippen molar-refractivity contribution >= 4 is 67.9 Å². The molecule has 4 rings (SSSR count). The molecule has 9 heteroatoms. The van der Waals surface area contributed by atoms with Gasteiger partial charge < -0.3 is 9.55 Å². The van der Waals surface area contributed by atoms with E-state index in [9.17, 15) is 0 Å². The summed E-state index contributed by atoms with van der Waals surface area (Å²) in [4.78, 5) is 13.1. The molecule has 0 amide bonds. The summed E-state index contributed by atoms with van der Waals surface area (Å²) in [7, 11) is 1.89. The molecule has 30 heavy (non-hydrogen) atoms. The number of hydrogen-bond donors (Lipinski definition) is 1. The molecule has 0 unspecified atom stereocenters. The standard InChI is InChI=1S/C9H8ClN2.C8H6ClN2.C2H6.CH3I.CH4.2Y/c1-6-3-4-8-7(5-6)11-9(10)12(8)2;1-5-2-3-6-7(4-5)11-8(9)10-6;2*1-2;;;/h4-5H,1-2H3;3-4H,1H3,(H,10,11);1-2H3;1H3;1H4;;/q2*-1;;;;;. The number of nitrogens with zero attached hydrogens (tertiary/aromatic N) is 3. The van der Waals surface area contributed by atoms with Crippen LogP contribution < -0.4 is 0 Å². The number of fused-ring (bicyclic) bond motifs is 2. The fourth-order valence-corrected chi connectivity index (χ4v) is 2.61. The van der Waals surface area contributed by atoms with Gasteiger partial charge in [-0.1, -0.05) is 57.7 Å². The van der Waals surface area contributed by atoms with Crippen LogP contribution in [0.3, 0.4) is 0 Å². The van der Waals surface area contributed by atoms with E-state index in [1.807, 2.05) is 68.5 Å². The predicted octanol–water partition coefficient (Wildman–Crippen LogP) is 7.37. The van der Waals surface area contributed by atoms with Crippen LogP contribution in [0.15, 0.2) is 24.3 Å². The first-order valence-corrected chi connectivity index (χ1v) is 11.3. The van der Waals surface area contributed by atoms with Gasteiger partial charge in [-0.05, 0) is 50.2 Å². The van der Waals surface area contributed by atoms with Crippen molar-refractivity contribution < 1.29 is 65.4 Å². The maximum absolute atomic E-state index is 5.84. The summed E-state index contributed by atoms with van der Waals surface area (Å²) < 4.78 is 1.84. The minimum Gasteiger partial charge on any atom is -0.371 e. The van der Waals surface area contributed by atoms with Gasteiger partial charge in [-0.25, -0.2) is 4.98 Å². The Bertz CT molecular complexity index is 1000. The van der Waals surface area contributed by atoms with Crippen LogP contribution in [0, 0.1) is 26.0 Å². The molecule has 0 saturated carbocycles. The SMILES string of the molecule is C.CC.CI.Cc1[c-]cc2c(c1)nc(Cl)n2C.Cc1[c-]cc2nc(Cl)[nH]c2c1.[Y].[Y]. The van der Waals surface area contributed by atoms with Crippen molar-refractivity contribution in [3.05, 3.63) is 58.1 Å². The maximum atomic E-state index is 5.84. The van der Waals surface area contributed by atoms with Crippen LogP contribution in [0.2, 0.25) is 10.6 Å². The first-order valence-electron chi connectivity index (χ1n) is 8.35. The Balaban J connectivity index is -0.000000385. The molecule has 1 N–H and O–H groups in total. The molecule has 0 aliphatic carbocycles. The van der Waals surface area contributed by atoms with E-state index in [1.165, 1.54) is 0 Å². The molecular formula is C21H27Cl2IN4Y2-2. The van der Waals surface area contributed by atoms with Gasteiger partial charge in [0.15, 0.2) is 10.6 Å². The largest absolute Gasteiger partial charge is 0.371 e. The molecule has 0 aliphatic heterocycles. The molecule has 160 valence electrons. The van der Waals surface area contributed by atoms with Crippen LogP contribution in [0.25, 0.3) is 22.1 Å². The van der Waals surface area contributed by atoms with Crippen LogP contribution in [0.5, 0.6) is 0 Å². The molecule has 2 aromatic carbocycles. The van der Waals surface area contributed by atoms with Gasteiger partial charge in [0.1, 0.15) is 0 Å². The topological polar surface area (TPSA) is 46.5 Å². The van der Waals surface area contributed by atoms with E-state index < -0.39 is 0 Å². The van der Waals surface area contributed by atoms with Crippen molar-refractivity contribution in [1.82, 2.24) is 19.5 Å². The van der Waals surface area contributed by atoms with Crippen molar-refractivity contribution in [1.29, 1.82) is 0 Å². The third-order valence-corrected chi connectivity index (χ3v) is 3.95. The van der Waals surface area contributed by atoms with Crippen molar-refractivity contribution in [2.75, 3.05) is 4.93 Å². The molecule has 0 bridgehead atoms. The molecule has 4 aromatic rings. The number of aryl methyl sites for hydroxylation is 3. The third kappa shape index (κ3) is 10.2. The van der Waals surface area contributed by atoms with Crippen LogP contribution >= 0.6 is 45.8 Å². The number of hydrogen-bond acceptors (Lipinski definition) is 2. The quantitative estimate of drug-likeness (QED) is 0.118. The Labute approximate surface area is 254 Å². The number of benzene rings is 2. The summed E-state index contributed by atoms with van der Waals surface area (Å²) in [5.74, 6) is 0. The Morgan fingerprint density at radius 3 is 2.07 bits per heavy atom. The van der Waals surface area contributed by atoms with Gasteiger partial charge >= 0.3 is 0 Å². The second-order valence-electron chi connectivity index (χ2n) is 5.27. The number of aromatic nitrogens is 4. The fourth-order valence-electron chi connectivity index (χ4n) is 2.24. The van der Waals surface area contributed by atoms with E-state index in [1.54, 1.807) is 0 Å². The molecule has 4 nitrogen and oxygen atoms in total. The van der Waals surface area contributed by atoms with Gasteiger partial charge in [0, 0.05) is 72.5 Å². The second-order valence-corrected chi connectivity index (χ2v) is 5.96. The summed E-state index contributed by atoms with van der Waals surface area (Å²) in [6.45, 7) is 7.97. The predicted molar refractivity (Wildman–Crippen MR) is 132 cm³/mol. The van der Waals surface area contributed by atoms with Crippen LogP contribution in [-0.2, 0) is 72.5 Å². The Morgan fingerprint density at radius 1 is 0.933 bits per heavy atom. The first kappa shape index (κ1) is 35.5. The Morgan fingerprint density at radius 2 is 1.47 bits per heavy atom. The van der Waals surface area contributed by atoms with Gasteiger partial charge in [0.2, 0.25) is 0 Å². The van der Waals surface area contributed by atoms with Crippen LogP contribution in [0.1, 0.15) is 32.4 Å². The van der Waals surface area contributed by atoms with Gasteiger partial charge in [0.05, 0.1) is 0 Å². The smallest absolute Gasteiger partial charge is 0.190 e. The maximum Gasteiger partial charge on any atom is 0.190 e. The molecule has 0 saturated heterocycles. The number of aromatic amines is 1. The zero-order valence-electron chi connectivity index (χ0n) is 17.4.